The Labute approximate surface area is 157 Å². The highest BCUT2D eigenvalue weighted by Gasteiger charge is 2.21. The number of nitriles is 1. The number of primary amides is 1. The Morgan fingerprint density at radius 3 is 2.15 bits per heavy atom. The van der Waals surface area contributed by atoms with E-state index in [2.05, 4.69) is 17.5 Å². The van der Waals surface area contributed by atoms with E-state index in [0.29, 0.717) is 31.2 Å². The third kappa shape index (κ3) is 4.06. The number of fused-ring (bicyclic) bond motifs is 2. The van der Waals surface area contributed by atoms with Crippen molar-refractivity contribution in [2.24, 2.45) is 5.73 Å². The van der Waals surface area contributed by atoms with Crippen LogP contribution in [0, 0.1) is 11.3 Å². The molecule has 0 saturated heterocycles. The molecule has 0 heterocycles. The number of hydrogen-bond donors (Lipinski definition) is 2. The van der Waals surface area contributed by atoms with Crippen molar-refractivity contribution in [2.45, 2.75) is 31.7 Å². The molecule has 0 spiro atoms. The first-order valence-corrected chi connectivity index (χ1v) is 8.99. The minimum Gasteiger partial charge on any atom is -0.368 e. The van der Waals surface area contributed by atoms with Gasteiger partial charge in [0.05, 0.1) is 11.6 Å². The van der Waals surface area contributed by atoms with E-state index in [1.165, 1.54) is 0 Å². The number of carbonyl (C=O) groups is 2. The molecule has 3 aromatic rings. The molecule has 0 aliphatic heterocycles. The molecule has 0 bridgehead atoms. The van der Waals surface area contributed by atoms with Crippen molar-refractivity contribution in [1.82, 2.24) is 5.32 Å². The van der Waals surface area contributed by atoms with Gasteiger partial charge < -0.3 is 11.1 Å². The van der Waals surface area contributed by atoms with Crippen molar-refractivity contribution >= 4 is 33.4 Å². The maximum Gasteiger partial charge on any atom is 0.253 e. The van der Waals surface area contributed by atoms with Crippen LogP contribution in [0.5, 0.6) is 0 Å². The van der Waals surface area contributed by atoms with Gasteiger partial charge in [-0.3, -0.25) is 9.59 Å². The van der Waals surface area contributed by atoms with Gasteiger partial charge in [0.2, 0.25) is 5.91 Å². The molecule has 0 aromatic heterocycles. The minimum atomic E-state index is -0.756. The number of carbonyl (C=O) groups excluding carboxylic acids is 2. The fourth-order valence-electron chi connectivity index (χ4n) is 3.33. The number of nitrogens with one attached hydrogen (secondary N) is 1. The second-order valence-electron chi connectivity index (χ2n) is 6.53. The van der Waals surface area contributed by atoms with Crippen molar-refractivity contribution in [1.29, 1.82) is 5.26 Å². The summed E-state index contributed by atoms with van der Waals surface area (Å²) in [7, 11) is 0. The summed E-state index contributed by atoms with van der Waals surface area (Å²) < 4.78 is 0. The van der Waals surface area contributed by atoms with E-state index in [1.807, 2.05) is 48.5 Å². The topological polar surface area (TPSA) is 96.0 Å². The number of nitrogens with two attached hydrogens (primary N) is 1. The summed E-state index contributed by atoms with van der Waals surface area (Å²) in [5, 5.41) is 15.0. The van der Waals surface area contributed by atoms with Crippen molar-refractivity contribution in [3.05, 3.63) is 60.2 Å². The van der Waals surface area contributed by atoms with Crippen LogP contribution in [-0.4, -0.2) is 17.9 Å². The lowest BCUT2D eigenvalue weighted by Gasteiger charge is -2.17. The quantitative estimate of drug-likeness (QED) is 0.498. The fraction of sp³-hybridized carbons (Fsp3) is 0.227. The molecule has 2 amide bonds. The van der Waals surface area contributed by atoms with Crippen molar-refractivity contribution in [3.8, 4) is 6.07 Å². The number of unbranched alkanes of at least 4 members (excludes halogenated alkanes) is 2. The molecule has 1 atom stereocenters. The first-order chi connectivity index (χ1) is 13.1. The Kier molecular flexibility index (Phi) is 5.68. The van der Waals surface area contributed by atoms with Gasteiger partial charge in [-0.25, -0.2) is 0 Å². The van der Waals surface area contributed by atoms with E-state index in [0.717, 1.165) is 21.5 Å². The van der Waals surface area contributed by atoms with Crippen LogP contribution >= 0.6 is 0 Å². The smallest absolute Gasteiger partial charge is 0.253 e. The molecule has 5 nitrogen and oxygen atoms in total. The zero-order valence-electron chi connectivity index (χ0n) is 14.9. The molecule has 3 aromatic carbocycles. The summed E-state index contributed by atoms with van der Waals surface area (Å²) in [5.74, 6) is -0.878. The molecule has 0 aliphatic carbocycles. The summed E-state index contributed by atoms with van der Waals surface area (Å²) in [6.07, 6.45) is 2.17. The fourth-order valence-corrected chi connectivity index (χ4v) is 3.33. The second-order valence-corrected chi connectivity index (χ2v) is 6.53. The standard InChI is InChI=1S/C22H21N3O2/c23-13-7-1-2-12-19(21(24)26)25-22(27)20-17-10-5-3-8-15(17)14-16-9-4-6-11-18(16)20/h3-6,8-11,14,19H,1-2,7,12H2,(H2,24,26)(H,25,27)/t19-/m0/s1. The lowest BCUT2D eigenvalue weighted by atomic mass is 9.96. The Bertz CT molecular complexity index is 983. The van der Waals surface area contributed by atoms with Gasteiger partial charge in [0, 0.05) is 6.42 Å². The van der Waals surface area contributed by atoms with Crippen molar-refractivity contribution in [3.63, 3.8) is 0 Å². The lowest BCUT2D eigenvalue weighted by molar-refractivity contribution is -0.120. The Morgan fingerprint density at radius 2 is 1.59 bits per heavy atom. The molecule has 27 heavy (non-hydrogen) atoms. The Hall–Kier alpha value is -3.39. The molecule has 136 valence electrons. The van der Waals surface area contributed by atoms with Gasteiger partial charge in [0.25, 0.3) is 5.91 Å². The first-order valence-electron chi connectivity index (χ1n) is 8.99. The molecular formula is C22H21N3O2. The molecule has 0 aliphatic rings. The van der Waals surface area contributed by atoms with E-state index >= 15 is 0 Å². The maximum absolute atomic E-state index is 13.1. The van der Waals surface area contributed by atoms with Gasteiger partial charge in [-0.1, -0.05) is 48.5 Å². The van der Waals surface area contributed by atoms with Gasteiger partial charge >= 0.3 is 0 Å². The van der Waals surface area contributed by atoms with Gasteiger partial charge in [0.1, 0.15) is 6.04 Å². The maximum atomic E-state index is 13.1. The third-order valence-electron chi connectivity index (χ3n) is 4.68. The van der Waals surface area contributed by atoms with Gasteiger partial charge in [-0.2, -0.15) is 5.26 Å². The Morgan fingerprint density at radius 1 is 1.00 bits per heavy atom. The predicted octanol–water partition coefficient (Wildman–Crippen LogP) is 3.66. The van der Waals surface area contributed by atoms with Crippen LogP contribution < -0.4 is 11.1 Å². The van der Waals surface area contributed by atoms with Gasteiger partial charge in [0.15, 0.2) is 0 Å². The van der Waals surface area contributed by atoms with Crippen molar-refractivity contribution in [2.75, 3.05) is 0 Å². The summed E-state index contributed by atoms with van der Waals surface area (Å²) in [4.78, 5) is 24.9. The molecule has 5 heteroatoms. The number of hydrogen-bond acceptors (Lipinski definition) is 3. The highest BCUT2D eigenvalue weighted by atomic mass is 16.2. The van der Waals surface area contributed by atoms with E-state index in [-0.39, 0.29) is 5.91 Å². The molecule has 3 N–H and O–H groups in total. The zero-order chi connectivity index (χ0) is 19.2. The summed E-state index contributed by atoms with van der Waals surface area (Å²) in [6.45, 7) is 0. The average molecular weight is 359 g/mol. The molecule has 0 unspecified atom stereocenters. The molecule has 3 rings (SSSR count). The predicted molar refractivity (Wildman–Crippen MR) is 106 cm³/mol. The van der Waals surface area contributed by atoms with Crippen LogP contribution in [0.15, 0.2) is 54.6 Å². The lowest BCUT2D eigenvalue weighted by Crippen LogP contribution is -2.44. The average Bonchev–Trinajstić information content (AvgIpc) is 2.68. The van der Waals surface area contributed by atoms with Crippen LogP contribution in [0.2, 0.25) is 0 Å². The number of benzene rings is 3. The van der Waals surface area contributed by atoms with Gasteiger partial charge in [-0.05, 0) is 46.9 Å². The first kappa shape index (κ1) is 18.4. The van der Waals surface area contributed by atoms with Crippen molar-refractivity contribution < 1.29 is 9.59 Å². The van der Waals surface area contributed by atoms with Crippen LogP contribution in [-0.2, 0) is 4.79 Å². The highest BCUT2D eigenvalue weighted by molar-refractivity contribution is 6.18. The molecule has 0 fully saturated rings. The largest absolute Gasteiger partial charge is 0.368 e. The third-order valence-corrected chi connectivity index (χ3v) is 4.68. The van der Waals surface area contributed by atoms with E-state index in [1.54, 1.807) is 0 Å². The summed E-state index contributed by atoms with van der Waals surface area (Å²) >= 11 is 0. The second kappa shape index (κ2) is 8.33. The highest BCUT2D eigenvalue weighted by Crippen LogP contribution is 2.28. The van der Waals surface area contributed by atoms with E-state index in [9.17, 15) is 9.59 Å². The number of rotatable bonds is 7. The van der Waals surface area contributed by atoms with Crippen LogP contribution in [0.25, 0.3) is 21.5 Å². The van der Waals surface area contributed by atoms with E-state index in [4.69, 9.17) is 11.0 Å². The number of nitrogens with zero attached hydrogens (tertiary/aromatic N) is 1. The summed E-state index contributed by atoms with van der Waals surface area (Å²) in [6, 6.07) is 18.8. The zero-order valence-corrected chi connectivity index (χ0v) is 14.9. The molecule has 0 saturated carbocycles. The van der Waals surface area contributed by atoms with Crippen LogP contribution in [0.1, 0.15) is 36.0 Å². The van der Waals surface area contributed by atoms with Crippen LogP contribution in [0.4, 0.5) is 0 Å². The monoisotopic (exact) mass is 359 g/mol. The SMILES string of the molecule is N#CCCCC[C@H](NC(=O)c1c2ccccc2cc2ccccc12)C(N)=O. The van der Waals surface area contributed by atoms with Gasteiger partial charge in [-0.15, -0.1) is 0 Å². The minimum absolute atomic E-state index is 0.313. The number of amides is 2. The molecular weight excluding hydrogens is 338 g/mol. The van der Waals surface area contributed by atoms with Crippen LogP contribution in [0.3, 0.4) is 0 Å². The van der Waals surface area contributed by atoms with E-state index < -0.39 is 11.9 Å². The Balaban J connectivity index is 1.96. The molecule has 0 radical (unpaired) electrons. The normalized spacial score (nSPS) is 11.8. The summed E-state index contributed by atoms with van der Waals surface area (Å²) in [5.41, 5.74) is 6.03.